The number of benzene rings is 2. The maximum Gasteiger partial charge on any atom is 0.416 e. The number of hydrogen-bond donors (Lipinski definition) is 3. The first-order valence-electron chi connectivity index (χ1n) is 10.6. The van der Waals surface area contributed by atoms with Crippen molar-refractivity contribution in [2.45, 2.75) is 51.1 Å². The summed E-state index contributed by atoms with van der Waals surface area (Å²) >= 11 is 0. The first kappa shape index (κ1) is 24.5. The first-order valence-corrected chi connectivity index (χ1v) is 10.6. The lowest BCUT2D eigenvalue weighted by Gasteiger charge is -2.15. The van der Waals surface area contributed by atoms with Gasteiger partial charge in [-0.1, -0.05) is 36.4 Å². The van der Waals surface area contributed by atoms with Crippen molar-refractivity contribution in [1.29, 1.82) is 0 Å². The van der Waals surface area contributed by atoms with E-state index in [2.05, 4.69) is 0 Å². The fourth-order valence-electron chi connectivity index (χ4n) is 3.98. The molecular weight excluding hydrogens is 435 g/mol. The standard InChI is InChI=1S/C25H26F3NO4/c1-15(2)29-21-6-4-3-5-20(21)24(16-7-9-17(10-8-16)25(26,27)28)22(29)12-11-18(30)13-19(31)14-23(32)33/h3-12,15,18-19,30-31H,13-14H2,1-2H3,(H,32,33)/b12-11+/t18-,19-/m0/s1. The minimum Gasteiger partial charge on any atom is -0.481 e. The van der Waals surface area contributed by atoms with E-state index in [0.717, 1.165) is 28.6 Å². The van der Waals surface area contributed by atoms with Crippen molar-refractivity contribution in [1.82, 2.24) is 4.57 Å². The summed E-state index contributed by atoms with van der Waals surface area (Å²) in [6, 6.07) is 12.5. The Hall–Kier alpha value is -3.10. The molecule has 2 aromatic carbocycles. The summed E-state index contributed by atoms with van der Waals surface area (Å²) in [5.74, 6) is -1.16. The lowest BCUT2D eigenvalue weighted by Crippen LogP contribution is -2.19. The lowest BCUT2D eigenvalue weighted by molar-refractivity contribution is -0.139. The van der Waals surface area contributed by atoms with Crippen LogP contribution in [0.2, 0.25) is 0 Å². The van der Waals surface area contributed by atoms with Crippen LogP contribution in [-0.4, -0.2) is 38.1 Å². The van der Waals surface area contributed by atoms with E-state index in [4.69, 9.17) is 5.11 Å². The average molecular weight is 461 g/mol. The number of rotatable bonds is 8. The molecule has 0 saturated carbocycles. The van der Waals surface area contributed by atoms with E-state index >= 15 is 0 Å². The van der Waals surface area contributed by atoms with E-state index < -0.39 is 36.3 Å². The highest BCUT2D eigenvalue weighted by Crippen LogP contribution is 2.39. The number of carboxylic acids is 1. The molecule has 176 valence electrons. The van der Waals surface area contributed by atoms with Crippen molar-refractivity contribution >= 4 is 22.9 Å². The van der Waals surface area contributed by atoms with E-state index in [0.29, 0.717) is 11.3 Å². The number of hydrogen-bond acceptors (Lipinski definition) is 3. The number of fused-ring (bicyclic) bond motifs is 1. The number of halogens is 3. The molecule has 0 aliphatic carbocycles. The van der Waals surface area contributed by atoms with E-state index in [1.54, 1.807) is 6.08 Å². The van der Waals surface area contributed by atoms with Gasteiger partial charge in [0.15, 0.2) is 0 Å². The van der Waals surface area contributed by atoms with Crippen LogP contribution < -0.4 is 0 Å². The molecule has 2 atom stereocenters. The molecular formula is C25H26F3NO4. The van der Waals surface area contributed by atoms with Gasteiger partial charge in [0.2, 0.25) is 0 Å². The molecule has 0 aliphatic rings. The highest BCUT2D eigenvalue weighted by molar-refractivity contribution is 6.01. The third-order valence-corrected chi connectivity index (χ3v) is 5.37. The van der Waals surface area contributed by atoms with Crippen molar-refractivity contribution in [3.63, 3.8) is 0 Å². The van der Waals surface area contributed by atoms with Crippen molar-refractivity contribution in [3.05, 3.63) is 65.9 Å². The maximum absolute atomic E-state index is 13.1. The molecule has 3 rings (SSSR count). The van der Waals surface area contributed by atoms with E-state index in [-0.39, 0.29) is 12.5 Å². The third kappa shape index (κ3) is 5.64. The Bertz CT molecular complexity index is 1150. The molecule has 0 amide bonds. The summed E-state index contributed by atoms with van der Waals surface area (Å²) < 4.78 is 41.2. The number of aliphatic hydroxyl groups is 2. The number of para-hydroxylation sites is 1. The normalized spacial score (nSPS) is 14.3. The fourth-order valence-corrected chi connectivity index (χ4v) is 3.98. The zero-order valence-corrected chi connectivity index (χ0v) is 18.3. The molecule has 0 unspecified atom stereocenters. The van der Waals surface area contributed by atoms with Crippen molar-refractivity contribution < 1.29 is 33.3 Å². The number of nitrogens with zero attached hydrogens (tertiary/aromatic N) is 1. The van der Waals surface area contributed by atoms with E-state index in [1.165, 1.54) is 18.2 Å². The highest BCUT2D eigenvalue weighted by Gasteiger charge is 2.30. The monoisotopic (exact) mass is 461 g/mol. The Balaban J connectivity index is 2.09. The zero-order valence-electron chi connectivity index (χ0n) is 18.3. The molecule has 0 spiro atoms. The minimum absolute atomic E-state index is 0.00694. The van der Waals surface area contributed by atoms with E-state index in [9.17, 15) is 28.2 Å². The predicted octanol–water partition coefficient (Wildman–Crippen LogP) is 5.51. The van der Waals surface area contributed by atoms with E-state index in [1.807, 2.05) is 42.7 Å². The number of aliphatic carboxylic acids is 1. The topological polar surface area (TPSA) is 82.7 Å². The summed E-state index contributed by atoms with van der Waals surface area (Å²) in [5.41, 5.74) is 2.17. The van der Waals surface area contributed by atoms with Gasteiger partial charge in [-0.05, 0) is 43.7 Å². The molecule has 0 saturated heterocycles. The second-order valence-corrected chi connectivity index (χ2v) is 8.23. The van der Waals surface area contributed by atoms with Crippen molar-refractivity contribution in [2.24, 2.45) is 0 Å². The van der Waals surface area contributed by atoms with Gasteiger partial charge in [-0.25, -0.2) is 0 Å². The maximum atomic E-state index is 13.1. The van der Waals surface area contributed by atoms with Crippen LogP contribution in [0.1, 0.15) is 44.0 Å². The Labute approximate surface area is 189 Å². The number of aromatic nitrogens is 1. The summed E-state index contributed by atoms with van der Waals surface area (Å²) in [5, 5.41) is 29.7. The number of alkyl halides is 3. The lowest BCUT2D eigenvalue weighted by atomic mass is 9.99. The summed E-state index contributed by atoms with van der Waals surface area (Å²) in [4.78, 5) is 10.7. The molecule has 5 nitrogen and oxygen atoms in total. The number of carbonyl (C=O) groups is 1. The Morgan fingerprint density at radius 2 is 1.70 bits per heavy atom. The molecule has 3 aromatic rings. The van der Waals surface area contributed by atoms with Crippen molar-refractivity contribution in [2.75, 3.05) is 0 Å². The highest BCUT2D eigenvalue weighted by atomic mass is 19.4. The predicted molar refractivity (Wildman–Crippen MR) is 121 cm³/mol. The Morgan fingerprint density at radius 3 is 2.27 bits per heavy atom. The summed E-state index contributed by atoms with van der Waals surface area (Å²) in [6.45, 7) is 3.96. The van der Waals surface area contributed by atoms with Gasteiger partial charge >= 0.3 is 12.1 Å². The van der Waals surface area contributed by atoms with Crippen LogP contribution in [0.25, 0.3) is 28.1 Å². The molecule has 1 heterocycles. The third-order valence-electron chi connectivity index (χ3n) is 5.37. The molecule has 0 radical (unpaired) electrons. The van der Waals surface area contributed by atoms with Gasteiger partial charge in [-0.15, -0.1) is 0 Å². The van der Waals surface area contributed by atoms with Crippen LogP contribution in [0.4, 0.5) is 13.2 Å². The van der Waals surface area contributed by atoms with Gasteiger partial charge in [-0.3, -0.25) is 4.79 Å². The van der Waals surface area contributed by atoms with Gasteiger partial charge in [0.1, 0.15) is 0 Å². The fraction of sp³-hybridized carbons (Fsp3) is 0.320. The minimum atomic E-state index is -4.44. The largest absolute Gasteiger partial charge is 0.481 e. The Morgan fingerprint density at radius 1 is 1.06 bits per heavy atom. The van der Waals surface area contributed by atoms with Crippen LogP contribution in [-0.2, 0) is 11.0 Å². The average Bonchev–Trinajstić information content (AvgIpc) is 3.05. The second-order valence-electron chi connectivity index (χ2n) is 8.23. The molecule has 0 bridgehead atoms. The van der Waals surface area contributed by atoms with Crippen LogP contribution in [0.5, 0.6) is 0 Å². The molecule has 33 heavy (non-hydrogen) atoms. The van der Waals surface area contributed by atoms with Crippen LogP contribution in [0.3, 0.4) is 0 Å². The van der Waals surface area contributed by atoms with Gasteiger partial charge in [-0.2, -0.15) is 13.2 Å². The Kier molecular flexibility index (Phi) is 7.29. The zero-order chi connectivity index (χ0) is 24.3. The van der Waals surface area contributed by atoms with Crippen molar-refractivity contribution in [3.8, 4) is 11.1 Å². The van der Waals surface area contributed by atoms with Gasteiger partial charge in [0.25, 0.3) is 0 Å². The molecule has 8 heteroatoms. The second kappa shape index (κ2) is 9.80. The molecule has 0 aliphatic heterocycles. The van der Waals surface area contributed by atoms with Gasteiger partial charge in [0.05, 0.1) is 24.2 Å². The summed E-state index contributed by atoms with van der Waals surface area (Å²) in [7, 11) is 0. The van der Waals surface area contributed by atoms with Gasteiger partial charge < -0.3 is 19.9 Å². The van der Waals surface area contributed by atoms with Crippen LogP contribution in [0, 0.1) is 0 Å². The molecule has 0 fully saturated rings. The summed E-state index contributed by atoms with van der Waals surface area (Å²) in [6.07, 6.45) is -4.23. The first-order chi connectivity index (χ1) is 15.5. The number of carboxylic acid groups (broad SMARTS) is 1. The molecule has 3 N–H and O–H groups in total. The SMILES string of the molecule is CC(C)n1c(/C=C/[C@H](O)C[C@H](O)CC(=O)O)c(-c2ccc(C(F)(F)F)cc2)c2ccccc21. The smallest absolute Gasteiger partial charge is 0.416 e. The van der Waals surface area contributed by atoms with Crippen LogP contribution >= 0.6 is 0 Å². The number of aliphatic hydroxyl groups excluding tert-OH is 2. The quantitative estimate of drug-likeness (QED) is 0.413. The van der Waals surface area contributed by atoms with Crippen LogP contribution in [0.15, 0.2) is 54.6 Å². The van der Waals surface area contributed by atoms with Gasteiger partial charge in [0, 0.05) is 34.6 Å². The molecule has 1 aromatic heterocycles.